The van der Waals surface area contributed by atoms with Gasteiger partial charge in [-0.15, -0.1) is 0 Å². The van der Waals surface area contributed by atoms with E-state index < -0.39 is 0 Å². The summed E-state index contributed by atoms with van der Waals surface area (Å²) < 4.78 is 0. The second-order valence-corrected chi connectivity index (χ2v) is 5.38. The topological polar surface area (TPSA) is 42.2 Å². The van der Waals surface area contributed by atoms with Gasteiger partial charge in [-0.05, 0) is 43.5 Å². The first kappa shape index (κ1) is 13.4. The first-order valence-corrected chi connectivity index (χ1v) is 7.10. The highest BCUT2D eigenvalue weighted by Crippen LogP contribution is 2.21. The molecule has 4 heteroatoms. The first-order chi connectivity index (χ1) is 8.70. The Labute approximate surface area is 114 Å². The number of nitrogens with two attached hydrogens (primary N) is 1. The highest BCUT2D eigenvalue weighted by atomic mass is 32.1. The highest BCUT2D eigenvalue weighted by Gasteiger charge is 2.20. The highest BCUT2D eigenvalue weighted by molar-refractivity contribution is 7.80. The fourth-order valence-corrected chi connectivity index (χ4v) is 2.78. The molecule has 0 saturated carbocycles. The fraction of sp³-hybridized carbons (Fsp3) is 0.571. The minimum Gasteiger partial charge on any atom is -0.388 e. The third-order valence-electron chi connectivity index (χ3n) is 3.68. The van der Waals surface area contributed by atoms with Crippen molar-refractivity contribution in [3.8, 4) is 0 Å². The molecule has 2 heterocycles. The Morgan fingerprint density at radius 2 is 2.39 bits per heavy atom. The molecule has 18 heavy (non-hydrogen) atoms. The summed E-state index contributed by atoms with van der Waals surface area (Å²) in [5.41, 5.74) is 7.61. The Balaban J connectivity index is 2.07. The van der Waals surface area contributed by atoms with Crippen molar-refractivity contribution in [1.82, 2.24) is 9.88 Å². The van der Waals surface area contributed by atoms with Crippen LogP contribution in [0.25, 0.3) is 0 Å². The van der Waals surface area contributed by atoms with Gasteiger partial charge in [-0.1, -0.05) is 25.6 Å². The molecule has 0 aromatic carbocycles. The molecule has 1 aromatic rings. The van der Waals surface area contributed by atoms with Gasteiger partial charge in [-0.25, -0.2) is 0 Å². The molecule has 0 bridgehead atoms. The number of pyridine rings is 1. The van der Waals surface area contributed by atoms with Crippen LogP contribution in [-0.4, -0.2) is 27.5 Å². The van der Waals surface area contributed by atoms with Crippen molar-refractivity contribution in [2.24, 2.45) is 5.73 Å². The lowest BCUT2D eigenvalue weighted by atomic mass is 9.99. The molecule has 1 aliphatic heterocycles. The van der Waals surface area contributed by atoms with E-state index in [-0.39, 0.29) is 0 Å². The zero-order valence-electron chi connectivity index (χ0n) is 10.9. The molecular formula is C14H21N3S. The minimum atomic E-state index is 0.377. The van der Waals surface area contributed by atoms with Crippen molar-refractivity contribution in [3.63, 3.8) is 0 Å². The van der Waals surface area contributed by atoms with Crippen molar-refractivity contribution in [2.75, 3.05) is 6.54 Å². The summed E-state index contributed by atoms with van der Waals surface area (Å²) in [6.45, 7) is 4.45. The van der Waals surface area contributed by atoms with E-state index in [0.717, 1.165) is 18.3 Å². The molecule has 1 aromatic heterocycles. The minimum absolute atomic E-state index is 0.377. The lowest BCUT2D eigenvalue weighted by Gasteiger charge is -2.35. The monoisotopic (exact) mass is 263 g/mol. The molecule has 2 rings (SSSR count). The number of likely N-dealkylation sites (tertiary alicyclic amines) is 1. The van der Waals surface area contributed by atoms with Gasteiger partial charge in [-0.2, -0.15) is 0 Å². The van der Waals surface area contributed by atoms with Gasteiger partial charge < -0.3 is 5.73 Å². The van der Waals surface area contributed by atoms with Gasteiger partial charge in [0.2, 0.25) is 0 Å². The summed E-state index contributed by atoms with van der Waals surface area (Å²) in [5, 5.41) is 0. The van der Waals surface area contributed by atoms with Crippen LogP contribution in [0.4, 0.5) is 0 Å². The molecule has 0 radical (unpaired) electrons. The van der Waals surface area contributed by atoms with E-state index in [1.807, 2.05) is 6.07 Å². The van der Waals surface area contributed by atoms with Gasteiger partial charge in [0.25, 0.3) is 0 Å². The normalized spacial score (nSPS) is 20.8. The largest absolute Gasteiger partial charge is 0.388 e. The Morgan fingerprint density at radius 3 is 3.11 bits per heavy atom. The number of hydrogen-bond acceptors (Lipinski definition) is 3. The number of thiocarbonyl (C=S) groups is 1. The Morgan fingerprint density at radius 1 is 1.56 bits per heavy atom. The maximum Gasteiger partial charge on any atom is 0.122 e. The smallest absolute Gasteiger partial charge is 0.122 e. The van der Waals surface area contributed by atoms with Crippen LogP contribution < -0.4 is 5.73 Å². The predicted octanol–water partition coefficient (Wildman–Crippen LogP) is 2.48. The zero-order valence-corrected chi connectivity index (χ0v) is 11.7. The lowest BCUT2D eigenvalue weighted by molar-refractivity contribution is 0.136. The van der Waals surface area contributed by atoms with E-state index in [0.29, 0.717) is 4.99 Å². The molecule has 0 spiro atoms. The van der Waals surface area contributed by atoms with Gasteiger partial charge in [0.05, 0.1) is 5.69 Å². The van der Waals surface area contributed by atoms with E-state index in [1.165, 1.54) is 37.8 Å². The van der Waals surface area contributed by atoms with E-state index in [4.69, 9.17) is 18.0 Å². The Hall–Kier alpha value is -1.00. The lowest BCUT2D eigenvalue weighted by Crippen LogP contribution is -2.38. The van der Waals surface area contributed by atoms with Crippen LogP contribution in [0, 0.1) is 0 Å². The van der Waals surface area contributed by atoms with Crippen LogP contribution in [0.2, 0.25) is 0 Å². The quantitative estimate of drug-likeness (QED) is 0.848. The summed E-state index contributed by atoms with van der Waals surface area (Å²) in [4.78, 5) is 7.14. The molecule has 1 atom stereocenters. The third kappa shape index (κ3) is 3.27. The molecule has 0 aliphatic carbocycles. The summed E-state index contributed by atoms with van der Waals surface area (Å²) in [5.74, 6) is 0. The molecule has 1 fully saturated rings. The van der Waals surface area contributed by atoms with Crippen LogP contribution in [-0.2, 0) is 6.54 Å². The molecule has 1 saturated heterocycles. The molecular weight excluding hydrogens is 242 g/mol. The van der Waals surface area contributed by atoms with Crippen molar-refractivity contribution < 1.29 is 0 Å². The summed E-state index contributed by atoms with van der Waals surface area (Å²) in [7, 11) is 0. The maximum atomic E-state index is 5.62. The van der Waals surface area contributed by atoms with E-state index in [1.54, 1.807) is 6.20 Å². The van der Waals surface area contributed by atoms with Crippen LogP contribution >= 0.6 is 12.2 Å². The maximum absolute atomic E-state index is 5.62. The van der Waals surface area contributed by atoms with Crippen LogP contribution in [0.5, 0.6) is 0 Å². The molecule has 0 amide bonds. The summed E-state index contributed by atoms with van der Waals surface area (Å²) in [6, 6.07) is 4.80. The number of rotatable bonds is 4. The second-order valence-electron chi connectivity index (χ2n) is 4.94. The third-order valence-corrected chi connectivity index (χ3v) is 3.89. The van der Waals surface area contributed by atoms with Gasteiger partial charge in [0.1, 0.15) is 4.99 Å². The SMILES string of the molecule is CCC1CCCCN1Cc1ccnc(C(N)=S)c1. The van der Waals surface area contributed by atoms with Crippen LogP contribution in [0.3, 0.4) is 0 Å². The number of nitrogens with zero attached hydrogens (tertiary/aromatic N) is 2. The summed E-state index contributed by atoms with van der Waals surface area (Å²) >= 11 is 4.97. The zero-order chi connectivity index (χ0) is 13.0. The Kier molecular flexibility index (Phi) is 4.66. The van der Waals surface area contributed by atoms with Gasteiger partial charge >= 0.3 is 0 Å². The predicted molar refractivity (Wildman–Crippen MR) is 78.5 cm³/mol. The van der Waals surface area contributed by atoms with Crippen LogP contribution in [0.15, 0.2) is 18.3 Å². The van der Waals surface area contributed by atoms with Crippen LogP contribution in [0.1, 0.15) is 43.9 Å². The standard InChI is InChI=1S/C14H21N3S/c1-2-12-5-3-4-8-17(12)10-11-6-7-16-13(9-11)14(15)18/h6-7,9,12H,2-5,8,10H2,1H3,(H2,15,18). The molecule has 3 nitrogen and oxygen atoms in total. The summed E-state index contributed by atoms with van der Waals surface area (Å²) in [6.07, 6.45) is 7.03. The van der Waals surface area contributed by atoms with E-state index in [2.05, 4.69) is 22.9 Å². The van der Waals surface area contributed by atoms with Crippen molar-refractivity contribution in [1.29, 1.82) is 0 Å². The van der Waals surface area contributed by atoms with Gasteiger partial charge in [-0.3, -0.25) is 9.88 Å². The molecule has 1 unspecified atom stereocenters. The number of aromatic nitrogens is 1. The molecule has 98 valence electrons. The van der Waals surface area contributed by atoms with Gasteiger partial charge in [0, 0.05) is 18.8 Å². The Bertz CT molecular complexity index is 419. The average Bonchev–Trinajstić information content (AvgIpc) is 2.39. The average molecular weight is 263 g/mol. The van der Waals surface area contributed by atoms with E-state index >= 15 is 0 Å². The van der Waals surface area contributed by atoms with Crippen molar-refractivity contribution >= 4 is 17.2 Å². The van der Waals surface area contributed by atoms with Crippen molar-refractivity contribution in [2.45, 2.75) is 45.2 Å². The molecule has 2 N–H and O–H groups in total. The van der Waals surface area contributed by atoms with Gasteiger partial charge in [0.15, 0.2) is 0 Å². The first-order valence-electron chi connectivity index (χ1n) is 6.69. The van der Waals surface area contributed by atoms with E-state index in [9.17, 15) is 0 Å². The second kappa shape index (κ2) is 6.25. The number of hydrogen-bond donors (Lipinski definition) is 1. The number of piperidine rings is 1. The fourth-order valence-electron chi connectivity index (χ4n) is 2.67. The van der Waals surface area contributed by atoms with Crippen molar-refractivity contribution in [3.05, 3.63) is 29.6 Å². The molecule has 1 aliphatic rings.